The SMILES string of the molecule is Nc1ncnc2c1ncn2[C@@H]1O[C@H](C(=O)O)[C@@H](NC(=O)C(N)CSCc2ccccn2)[C@H]1O. The van der Waals surface area contributed by atoms with Crippen molar-refractivity contribution in [2.45, 2.75) is 36.3 Å². The second-order valence-electron chi connectivity index (χ2n) is 7.34. The maximum absolute atomic E-state index is 12.6. The number of hydrogen-bond acceptors (Lipinski definition) is 11. The first-order valence-electron chi connectivity index (χ1n) is 9.89. The van der Waals surface area contributed by atoms with E-state index < -0.39 is 42.4 Å². The van der Waals surface area contributed by atoms with Crippen LogP contribution in [-0.2, 0) is 20.1 Å². The van der Waals surface area contributed by atoms with E-state index in [1.54, 1.807) is 6.20 Å². The van der Waals surface area contributed by atoms with Crippen LogP contribution < -0.4 is 16.8 Å². The van der Waals surface area contributed by atoms with Gasteiger partial charge in [0.25, 0.3) is 0 Å². The van der Waals surface area contributed by atoms with Crippen LogP contribution in [0, 0.1) is 0 Å². The maximum Gasteiger partial charge on any atom is 0.335 e. The third kappa shape index (κ3) is 4.73. The summed E-state index contributed by atoms with van der Waals surface area (Å²) in [5.41, 5.74) is 13.1. The Kier molecular flexibility index (Phi) is 6.69. The zero-order chi connectivity index (χ0) is 23.5. The molecule has 0 aliphatic carbocycles. The van der Waals surface area contributed by atoms with Gasteiger partial charge in [-0.25, -0.2) is 19.7 Å². The minimum atomic E-state index is -1.51. The lowest BCUT2D eigenvalue weighted by atomic mass is 10.1. The zero-order valence-electron chi connectivity index (χ0n) is 17.2. The van der Waals surface area contributed by atoms with E-state index in [9.17, 15) is 19.8 Å². The number of pyridine rings is 1. The van der Waals surface area contributed by atoms with E-state index in [2.05, 4.69) is 25.3 Å². The van der Waals surface area contributed by atoms with Crippen molar-refractivity contribution >= 4 is 40.6 Å². The molecule has 5 atom stereocenters. The average molecular weight is 475 g/mol. The Balaban J connectivity index is 1.44. The number of nitrogens with zero attached hydrogens (tertiary/aromatic N) is 5. The van der Waals surface area contributed by atoms with Crippen molar-refractivity contribution in [2.24, 2.45) is 5.73 Å². The number of nitrogens with two attached hydrogens (primary N) is 2. The summed E-state index contributed by atoms with van der Waals surface area (Å²) in [5, 5.41) is 23.0. The number of imidazole rings is 1. The fourth-order valence-corrected chi connectivity index (χ4v) is 4.36. The number of aliphatic hydroxyl groups is 1. The van der Waals surface area contributed by atoms with Crippen LogP contribution in [0.25, 0.3) is 11.2 Å². The fraction of sp³-hybridized carbons (Fsp3) is 0.368. The third-order valence-corrected chi connectivity index (χ3v) is 6.19. The largest absolute Gasteiger partial charge is 0.479 e. The molecule has 14 heteroatoms. The van der Waals surface area contributed by atoms with Crippen molar-refractivity contribution in [1.29, 1.82) is 0 Å². The molecule has 0 bridgehead atoms. The van der Waals surface area contributed by atoms with Gasteiger partial charge in [0.15, 0.2) is 23.8 Å². The number of ether oxygens (including phenoxy) is 1. The predicted octanol–water partition coefficient (Wildman–Crippen LogP) is -1.11. The smallest absolute Gasteiger partial charge is 0.335 e. The molecule has 4 heterocycles. The molecule has 1 aliphatic rings. The molecule has 13 nitrogen and oxygen atoms in total. The number of aliphatic hydroxyl groups excluding tert-OH is 1. The van der Waals surface area contributed by atoms with Gasteiger partial charge in [-0.2, -0.15) is 11.8 Å². The summed E-state index contributed by atoms with van der Waals surface area (Å²) in [6.07, 6.45) is 0.0944. The molecular weight excluding hydrogens is 452 g/mol. The third-order valence-electron chi connectivity index (χ3n) is 5.10. The van der Waals surface area contributed by atoms with E-state index in [1.165, 1.54) is 29.0 Å². The Morgan fingerprint density at radius 3 is 2.82 bits per heavy atom. The minimum absolute atomic E-state index is 0.125. The van der Waals surface area contributed by atoms with Gasteiger partial charge in [0, 0.05) is 17.7 Å². The van der Waals surface area contributed by atoms with Crippen LogP contribution in [0.3, 0.4) is 0 Å². The monoisotopic (exact) mass is 474 g/mol. The van der Waals surface area contributed by atoms with Crippen molar-refractivity contribution in [3.8, 4) is 0 Å². The van der Waals surface area contributed by atoms with Gasteiger partial charge >= 0.3 is 5.97 Å². The van der Waals surface area contributed by atoms with Crippen LogP contribution in [0.1, 0.15) is 11.9 Å². The molecule has 1 saturated heterocycles. The minimum Gasteiger partial charge on any atom is -0.479 e. The molecule has 0 aromatic carbocycles. The summed E-state index contributed by atoms with van der Waals surface area (Å²) in [6.45, 7) is 0. The number of carboxylic acid groups (broad SMARTS) is 1. The fourth-order valence-electron chi connectivity index (χ4n) is 3.45. The number of carbonyl (C=O) groups is 2. The number of carboxylic acids is 1. The lowest BCUT2D eigenvalue weighted by Gasteiger charge is -2.22. The summed E-state index contributed by atoms with van der Waals surface area (Å²) in [5.74, 6) is -0.992. The van der Waals surface area contributed by atoms with Crippen LogP contribution in [-0.4, -0.2) is 76.6 Å². The van der Waals surface area contributed by atoms with Crippen molar-refractivity contribution < 1.29 is 24.5 Å². The first-order chi connectivity index (χ1) is 15.9. The summed E-state index contributed by atoms with van der Waals surface area (Å²) in [7, 11) is 0. The van der Waals surface area contributed by atoms with E-state index in [4.69, 9.17) is 16.2 Å². The highest BCUT2D eigenvalue weighted by Crippen LogP contribution is 2.32. The topological polar surface area (TPSA) is 204 Å². The molecule has 1 aliphatic heterocycles. The number of aliphatic carboxylic acids is 1. The predicted molar refractivity (Wildman–Crippen MR) is 118 cm³/mol. The Labute approximate surface area is 191 Å². The summed E-state index contributed by atoms with van der Waals surface area (Å²) in [4.78, 5) is 40.6. The molecule has 3 aromatic rings. The zero-order valence-corrected chi connectivity index (χ0v) is 18.0. The lowest BCUT2D eigenvalue weighted by molar-refractivity contribution is -0.152. The number of nitrogens with one attached hydrogen (secondary N) is 1. The summed E-state index contributed by atoms with van der Waals surface area (Å²) >= 11 is 1.41. The second kappa shape index (κ2) is 9.66. The number of hydrogen-bond donors (Lipinski definition) is 5. The van der Waals surface area contributed by atoms with Crippen molar-refractivity contribution in [1.82, 2.24) is 29.8 Å². The number of fused-ring (bicyclic) bond motifs is 1. The van der Waals surface area contributed by atoms with Gasteiger partial charge in [0.2, 0.25) is 5.91 Å². The molecule has 1 amide bonds. The van der Waals surface area contributed by atoms with E-state index in [-0.39, 0.29) is 22.7 Å². The standard InChI is InChI=1S/C19H22N8O5S/c20-10(6-33-5-9-3-1-2-4-22-9)17(29)26-11-13(28)18(32-14(11)19(30)31)27-8-25-12-15(21)23-7-24-16(12)27/h1-4,7-8,10-11,13-14,18,28H,5-6,20H2,(H,26,29)(H,30,31)(H2,21,23,24)/t10?,11-,13+,14-,18+/m0/s1. The first-order valence-corrected chi connectivity index (χ1v) is 11.0. The maximum atomic E-state index is 12.6. The molecule has 0 radical (unpaired) electrons. The summed E-state index contributed by atoms with van der Waals surface area (Å²) < 4.78 is 6.91. The van der Waals surface area contributed by atoms with Crippen molar-refractivity contribution in [3.63, 3.8) is 0 Å². The number of amides is 1. The van der Waals surface area contributed by atoms with Gasteiger partial charge in [-0.15, -0.1) is 0 Å². The Morgan fingerprint density at radius 1 is 1.27 bits per heavy atom. The molecule has 0 spiro atoms. The van der Waals surface area contributed by atoms with E-state index >= 15 is 0 Å². The highest BCUT2D eigenvalue weighted by atomic mass is 32.2. The normalized spacial score (nSPS) is 23.5. The number of anilines is 1. The number of carbonyl (C=O) groups excluding carboxylic acids is 1. The van der Waals surface area contributed by atoms with Gasteiger partial charge in [-0.3, -0.25) is 14.3 Å². The Hall–Kier alpha value is -3.33. The van der Waals surface area contributed by atoms with Gasteiger partial charge in [-0.05, 0) is 12.1 Å². The second-order valence-corrected chi connectivity index (χ2v) is 8.37. The molecule has 4 rings (SSSR count). The average Bonchev–Trinajstić information content (AvgIpc) is 3.37. The van der Waals surface area contributed by atoms with Crippen LogP contribution >= 0.6 is 11.8 Å². The van der Waals surface area contributed by atoms with Crippen LogP contribution in [0.5, 0.6) is 0 Å². The van der Waals surface area contributed by atoms with Gasteiger partial charge in [0.05, 0.1) is 24.1 Å². The lowest BCUT2D eigenvalue weighted by Crippen LogP contribution is -2.54. The molecular formula is C19H22N8O5S. The Bertz CT molecular complexity index is 1150. The van der Waals surface area contributed by atoms with Gasteiger partial charge < -0.3 is 31.7 Å². The highest BCUT2D eigenvalue weighted by Gasteiger charge is 2.49. The molecule has 1 unspecified atom stereocenters. The summed E-state index contributed by atoms with van der Waals surface area (Å²) in [6, 6.07) is 3.36. The number of rotatable bonds is 8. The number of nitrogen functional groups attached to an aromatic ring is 1. The van der Waals surface area contributed by atoms with Crippen LogP contribution in [0.15, 0.2) is 37.1 Å². The first kappa shape index (κ1) is 22.8. The van der Waals surface area contributed by atoms with Crippen molar-refractivity contribution in [2.75, 3.05) is 11.5 Å². The highest BCUT2D eigenvalue weighted by molar-refractivity contribution is 7.98. The quantitative estimate of drug-likeness (QED) is 0.264. The van der Waals surface area contributed by atoms with E-state index in [0.717, 1.165) is 5.69 Å². The molecule has 33 heavy (non-hydrogen) atoms. The number of aromatic nitrogens is 5. The molecule has 1 fully saturated rings. The number of thioether (sulfide) groups is 1. The molecule has 0 saturated carbocycles. The van der Waals surface area contributed by atoms with E-state index in [0.29, 0.717) is 5.75 Å². The van der Waals surface area contributed by atoms with Crippen LogP contribution in [0.2, 0.25) is 0 Å². The molecule has 174 valence electrons. The van der Waals surface area contributed by atoms with Gasteiger partial charge in [-0.1, -0.05) is 6.07 Å². The van der Waals surface area contributed by atoms with Crippen molar-refractivity contribution in [3.05, 3.63) is 42.7 Å². The Morgan fingerprint density at radius 2 is 2.09 bits per heavy atom. The van der Waals surface area contributed by atoms with Crippen LogP contribution in [0.4, 0.5) is 5.82 Å². The van der Waals surface area contributed by atoms with E-state index in [1.807, 2.05) is 18.2 Å². The van der Waals surface area contributed by atoms with Gasteiger partial charge in [0.1, 0.15) is 17.9 Å². The molecule has 3 aromatic heterocycles. The molecule has 7 N–H and O–H groups in total.